The van der Waals surface area contributed by atoms with Crippen LogP contribution in [0.25, 0.3) is 0 Å². The first-order valence-corrected chi connectivity index (χ1v) is 5.07. The summed E-state index contributed by atoms with van der Waals surface area (Å²) in [7, 11) is 3.04. The Morgan fingerprint density at radius 1 is 1.38 bits per heavy atom. The van der Waals surface area contributed by atoms with Crippen molar-refractivity contribution >= 4 is 16.8 Å². The fraction of sp³-hybridized carbons (Fsp3) is 0.250. The number of benzene rings is 1. The van der Waals surface area contributed by atoms with Crippen molar-refractivity contribution in [2.24, 2.45) is 0 Å². The molecular formula is C12H13ClO3. The highest BCUT2D eigenvalue weighted by Gasteiger charge is 2.14. The molecule has 0 unspecified atom stereocenters. The number of ether oxygens (including phenoxy) is 2. The second-order valence-electron chi connectivity index (χ2n) is 3.13. The smallest absolute Gasteiger partial charge is 0.256 e. The van der Waals surface area contributed by atoms with Gasteiger partial charge in [-0.05, 0) is 29.7 Å². The van der Waals surface area contributed by atoms with Gasteiger partial charge in [0.15, 0.2) is 0 Å². The standard InChI is InChI=1S/C12H13ClO3/c1-4-5-8-6-9(12(13)14)11(16-3)7-10(8)15-2/h4,6-7H,1,5H2,2-3H3. The van der Waals surface area contributed by atoms with Crippen LogP contribution in [0.2, 0.25) is 0 Å². The fourth-order valence-corrected chi connectivity index (χ4v) is 1.58. The average molecular weight is 241 g/mol. The number of halogens is 1. The van der Waals surface area contributed by atoms with Crippen molar-refractivity contribution in [2.75, 3.05) is 14.2 Å². The van der Waals surface area contributed by atoms with Crippen molar-refractivity contribution in [2.45, 2.75) is 6.42 Å². The number of allylic oxidation sites excluding steroid dienone is 1. The minimum Gasteiger partial charge on any atom is -0.496 e. The van der Waals surface area contributed by atoms with E-state index < -0.39 is 5.24 Å². The topological polar surface area (TPSA) is 35.5 Å². The van der Waals surface area contributed by atoms with E-state index in [9.17, 15) is 4.79 Å². The minimum absolute atomic E-state index is 0.335. The number of methoxy groups -OCH3 is 2. The maximum Gasteiger partial charge on any atom is 0.256 e. The van der Waals surface area contributed by atoms with Gasteiger partial charge in [-0.1, -0.05) is 6.08 Å². The molecular weight excluding hydrogens is 228 g/mol. The predicted molar refractivity (Wildman–Crippen MR) is 63.6 cm³/mol. The summed E-state index contributed by atoms with van der Waals surface area (Å²) in [5.41, 5.74) is 1.18. The van der Waals surface area contributed by atoms with Gasteiger partial charge in [-0.15, -0.1) is 6.58 Å². The van der Waals surface area contributed by atoms with Crippen molar-refractivity contribution in [1.82, 2.24) is 0 Å². The third-order valence-corrected chi connectivity index (χ3v) is 2.38. The van der Waals surface area contributed by atoms with E-state index in [1.165, 1.54) is 7.11 Å². The molecule has 4 heteroatoms. The second-order valence-corrected chi connectivity index (χ2v) is 3.47. The highest BCUT2D eigenvalue weighted by molar-refractivity contribution is 6.68. The Labute approximate surface area is 99.6 Å². The van der Waals surface area contributed by atoms with Crippen molar-refractivity contribution < 1.29 is 14.3 Å². The summed E-state index contributed by atoms with van der Waals surface area (Å²) in [5.74, 6) is 1.06. The zero-order valence-electron chi connectivity index (χ0n) is 9.25. The van der Waals surface area contributed by atoms with E-state index in [4.69, 9.17) is 21.1 Å². The summed E-state index contributed by atoms with van der Waals surface area (Å²) < 4.78 is 10.3. The first-order chi connectivity index (χ1) is 7.63. The highest BCUT2D eigenvalue weighted by Crippen LogP contribution is 2.30. The zero-order valence-corrected chi connectivity index (χ0v) is 10.0. The van der Waals surface area contributed by atoms with Gasteiger partial charge in [-0.3, -0.25) is 4.79 Å². The SMILES string of the molecule is C=CCc1cc(C(=O)Cl)c(OC)cc1OC. The molecule has 0 aromatic heterocycles. The van der Waals surface area contributed by atoms with Gasteiger partial charge in [0.05, 0.1) is 19.8 Å². The quantitative estimate of drug-likeness (QED) is 0.587. The number of rotatable bonds is 5. The van der Waals surface area contributed by atoms with E-state index >= 15 is 0 Å². The molecule has 0 aliphatic rings. The van der Waals surface area contributed by atoms with Crippen LogP contribution < -0.4 is 9.47 Å². The largest absolute Gasteiger partial charge is 0.496 e. The Morgan fingerprint density at radius 3 is 2.44 bits per heavy atom. The number of hydrogen-bond acceptors (Lipinski definition) is 3. The van der Waals surface area contributed by atoms with Crippen LogP contribution >= 0.6 is 11.6 Å². The van der Waals surface area contributed by atoms with E-state index in [0.717, 1.165) is 5.56 Å². The molecule has 0 radical (unpaired) electrons. The van der Waals surface area contributed by atoms with Gasteiger partial charge < -0.3 is 9.47 Å². The molecule has 0 aliphatic carbocycles. The van der Waals surface area contributed by atoms with Gasteiger partial charge in [-0.2, -0.15) is 0 Å². The maximum absolute atomic E-state index is 11.2. The van der Waals surface area contributed by atoms with Gasteiger partial charge in [0.25, 0.3) is 5.24 Å². The molecule has 0 spiro atoms. The average Bonchev–Trinajstić information content (AvgIpc) is 2.28. The van der Waals surface area contributed by atoms with E-state index in [0.29, 0.717) is 23.5 Å². The van der Waals surface area contributed by atoms with Crippen LogP contribution in [0.5, 0.6) is 11.5 Å². The van der Waals surface area contributed by atoms with Gasteiger partial charge in [0, 0.05) is 6.07 Å². The summed E-state index contributed by atoms with van der Waals surface area (Å²) in [6, 6.07) is 3.31. The van der Waals surface area contributed by atoms with Crippen molar-refractivity contribution in [3.05, 3.63) is 35.9 Å². The lowest BCUT2D eigenvalue weighted by Crippen LogP contribution is -2.00. The van der Waals surface area contributed by atoms with Crippen LogP contribution in [-0.2, 0) is 6.42 Å². The van der Waals surface area contributed by atoms with Gasteiger partial charge in [0.2, 0.25) is 0 Å². The first kappa shape index (κ1) is 12.6. The Morgan fingerprint density at radius 2 is 2.00 bits per heavy atom. The molecule has 0 saturated carbocycles. The minimum atomic E-state index is -0.551. The fourth-order valence-electron chi connectivity index (χ4n) is 1.43. The second kappa shape index (κ2) is 5.56. The molecule has 1 rings (SSSR count). The summed E-state index contributed by atoms with van der Waals surface area (Å²) in [5, 5.41) is -0.551. The molecule has 16 heavy (non-hydrogen) atoms. The van der Waals surface area contributed by atoms with Crippen LogP contribution in [0.1, 0.15) is 15.9 Å². The summed E-state index contributed by atoms with van der Waals surface area (Å²) in [4.78, 5) is 11.2. The highest BCUT2D eigenvalue weighted by atomic mass is 35.5. The Hall–Kier alpha value is -1.48. The molecule has 1 aromatic rings. The lowest BCUT2D eigenvalue weighted by Gasteiger charge is -2.11. The Bertz CT molecular complexity index is 413. The Kier molecular flexibility index (Phi) is 4.38. The molecule has 0 aliphatic heterocycles. The molecule has 0 N–H and O–H groups in total. The zero-order chi connectivity index (χ0) is 12.1. The summed E-state index contributed by atoms with van der Waals surface area (Å²) in [6.45, 7) is 3.64. The lowest BCUT2D eigenvalue weighted by molar-refractivity contribution is 0.107. The van der Waals surface area contributed by atoms with Crippen molar-refractivity contribution in [3.8, 4) is 11.5 Å². The molecule has 86 valence electrons. The number of carbonyl (C=O) groups excluding carboxylic acids is 1. The molecule has 0 heterocycles. The van der Waals surface area contributed by atoms with Crippen LogP contribution in [-0.4, -0.2) is 19.5 Å². The molecule has 1 aromatic carbocycles. The van der Waals surface area contributed by atoms with E-state index in [1.54, 1.807) is 25.3 Å². The monoisotopic (exact) mass is 240 g/mol. The number of carbonyl (C=O) groups is 1. The number of hydrogen-bond donors (Lipinski definition) is 0. The summed E-state index contributed by atoms with van der Waals surface area (Å²) >= 11 is 5.47. The van der Waals surface area contributed by atoms with Crippen LogP contribution in [0.3, 0.4) is 0 Å². The van der Waals surface area contributed by atoms with Gasteiger partial charge in [0.1, 0.15) is 11.5 Å². The third-order valence-electron chi connectivity index (χ3n) is 2.18. The molecule has 0 saturated heterocycles. The van der Waals surface area contributed by atoms with E-state index in [2.05, 4.69) is 6.58 Å². The third kappa shape index (κ3) is 2.55. The van der Waals surface area contributed by atoms with Crippen molar-refractivity contribution in [3.63, 3.8) is 0 Å². The van der Waals surface area contributed by atoms with Crippen molar-refractivity contribution in [1.29, 1.82) is 0 Å². The van der Waals surface area contributed by atoms with Crippen LogP contribution in [0.4, 0.5) is 0 Å². The summed E-state index contributed by atoms with van der Waals surface area (Å²) in [6.07, 6.45) is 2.33. The van der Waals surface area contributed by atoms with Crippen LogP contribution in [0, 0.1) is 0 Å². The van der Waals surface area contributed by atoms with Gasteiger partial charge in [-0.25, -0.2) is 0 Å². The maximum atomic E-state index is 11.2. The van der Waals surface area contributed by atoms with Gasteiger partial charge >= 0.3 is 0 Å². The Balaban J connectivity index is 3.33. The van der Waals surface area contributed by atoms with E-state index in [1.807, 2.05) is 0 Å². The first-order valence-electron chi connectivity index (χ1n) is 4.69. The molecule has 0 atom stereocenters. The molecule has 0 amide bonds. The molecule has 3 nitrogen and oxygen atoms in total. The molecule has 0 fully saturated rings. The van der Waals surface area contributed by atoms with E-state index in [-0.39, 0.29) is 0 Å². The normalized spacial score (nSPS) is 9.69. The molecule has 0 bridgehead atoms. The predicted octanol–water partition coefficient (Wildman–Crippen LogP) is 2.81. The lowest BCUT2D eigenvalue weighted by atomic mass is 10.1. The van der Waals surface area contributed by atoms with Crippen LogP contribution in [0.15, 0.2) is 24.8 Å².